The van der Waals surface area contributed by atoms with Gasteiger partial charge in [-0.05, 0) is 48.9 Å². The highest BCUT2D eigenvalue weighted by molar-refractivity contribution is 7.99. The molecule has 0 bridgehead atoms. The standard InChI is InChI=1S/C22H26N2O4S2/c1-12(2)29-15-7-5-6-14(11-15)19(25)23-21-18(20(26)24-22(27)28-4)16-9-8-13(3)10-17(16)30-21/h5-7,11-13H,8-10H2,1-4H3,(H,23,25)(H,24,26,27). The average molecular weight is 447 g/mol. The average Bonchev–Trinajstić information content (AvgIpc) is 3.04. The largest absolute Gasteiger partial charge is 0.453 e. The number of nitrogens with one attached hydrogen (secondary N) is 2. The van der Waals surface area contributed by atoms with Gasteiger partial charge in [-0.2, -0.15) is 0 Å². The van der Waals surface area contributed by atoms with Crippen LogP contribution in [0.3, 0.4) is 0 Å². The fraction of sp³-hybridized carbons (Fsp3) is 0.409. The number of amides is 3. The number of alkyl carbamates (subject to hydrolysis) is 1. The molecule has 6 nitrogen and oxygen atoms in total. The fourth-order valence-electron chi connectivity index (χ4n) is 3.44. The van der Waals surface area contributed by atoms with E-state index < -0.39 is 12.0 Å². The smallest absolute Gasteiger partial charge is 0.413 e. The Kier molecular flexibility index (Phi) is 7.20. The molecule has 0 fully saturated rings. The van der Waals surface area contributed by atoms with Gasteiger partial charge in [0.15, 0.2) is 0 Å². The van der Waals surface area contributed by atoms with Crippen LogP contribution in [0.4, 0.5) is 9.80 Å². The topological polar surface area (TPSA) is 84.5 Å². The summed E-state index contributed by atoms with van der Waals surface area (Å²) in [6, 6.07) is 7.43. The molecule has 3 rings (SSSR count). The normalized spacial score (nSPS) is 15.4. The molecule has 0 spiro atoms. The minimum atomic E-state index is -0.820. The number of methoxy groups -OCH3 is 1. The van der Waals surface area contributed by atoms with Crippen LogP contribution in [0.25, 0.3) is 0 Å². The third-order valence-corrected chi connectivity index (χ3v) is 7.00. The highest BCUT2D eigenvalue weighted by atomic mass is 32.2. The van der Waals surface area contributed by atoms with Crippen molar-refractivity contribution in [3.05, 3.63) is 45.8 Å². The maximum atomic E-state index is 12.9. The maximum Gasteiger partial charge on any atom is 0.413 e. The third-order valence-electron chi connectivity index (χ3n) is 4.83. The van der Waals surface area contributed by atoms with Crippen LogP contribution in [0.2, 0.25) is 0 Å². The minimum absolute atomic E-state index is 0.278. The van der Waals surface area contributed by atoms with Gasteiger partial charge in [-0.1, -0.05) is 26.8 Å². The number of carbonyl (C=O) groups excluding carboxylic acids is 3. The van der Waals surface area contributed by atoms with Crippen LogP contribution in [0.1, 0.15) is 58.3 Å². The fourth-order valence-corrected chi connectivity index (χ4v) is 5.74. The lowest BCUT2D eigenvalue weighted by Gasteiger charge is -2.18. The van der Waals surface area contributed by atoms with E-state index in [0.717, 1.165) is 34.6 Å². The first-order valence-corrected chi connectivity index (χ1v) is 11.6. The van der Waals surface area contributed by atoms with Gasteiger partial charge in [0.05, 0.1) is 12.7 Å². The summed E-state index contributed by atoms with van der Waals surface area (Å²) in [5.41, 5.74) is 1.81. The molecule has 1 atom stereocenters. The molecule has 1 aromatic heterocycles. The van der Waals surface area contributed by atoms with Crippen LogP contribution >= 0.6 is 23.1 Å². The summed E-state index contributed by atoms with van der Waals surface area (Å²) in [6.45, 7) is 6.37. The maximum absolute atomic E-state index is 12.9. The molecular weight excluding hydrogens is 420 g/mol. The second kappa shape index (κ2) is 9.66. The summed E-state index contributed by atoms with van der Waals surface area (Å²) >= 11 is 3.10. The molecule has 2 N–H and O–H groups in total. The number of hydrogen-bond acceptors (Lipinski definition) is 6. The molecule has 1 heterocycles. The number of imide groups is 1. The van der Waals surface area contributed by atoms with Crippen molar-refractivity contribution in [3.63, 3.8) is 0 Å². The van der Waals surface area contributed by atoms with E-state index in [1.54, 1.807) is 17.8 Å². The second-order valence-corrected chi connectivity index (χ2v) is 10.4. The van der Waals surface area contributed by atoms with Crippen molar-refractivity contribution in [1.82, 2.24) is 5.32 Å². The van der Waals surface area contributed by atoms with E-state index in [2.05, 4.69) is 36.1 Å². The molecule has 1 aromatic carbocycles. The van der Waals surface area contributed by atoms with Gasteiger partial charge in [0, 0.05) is 20.6 Å². The van der Waals surface area contributed by atoms with Crippen LogP contribution < -0.4 is 10.6 Å². The Bertz CT molecular complexity index is 968. The quantitative estimate of drug-likeness (QED) is 0.623. The summed E-state index contributed by atoms with van der Waals surface area (Å²) in [5, 5.41) is 6.02. The minimum Gasteiger partial charge on any atom is -0.453 e. The SMILES string of the molecule is COC(=O)NC(=O)c1c(NC(=O)c2cccc(SC(C)C)c2)sc2c1CCC(C)C2. The van der Waals surface area contributed by atoms with Crippen molar-refractivity contribution in [3.8, 4) is 0 Å². The number of carbonyl (C=O) groups is 3. The van der Waals surface area contributed by atoms with Crippen molar-refractivity contribution in [1.29, 1.82) is 0 Å². The van der Waals surface area contributed by atoms with E-state index in [-0.39, 0.29) is 5.91 Å². The molecule has 160 valence electrons. The molecule has 8 heteroatoms. The van der Waals surface area contributed by atoms with Gasteiger partial charge in [-0.3, -0.25) is 14.9 Å². The lowest BCUT2D eigenvalue weighted by atomic mass is 9.88. The molecule has 30 heavy (non-hydrogen) atoms. The lowest BCUT2D eigenvalue weighted by Crippen LogP contribution is -2.31. The molecule has 3 amide bonds. The van der Waals surface area contributed by atoms with Crippen molar-refractivity contribution in [2.24, 2.45) is 5.92 Å². The van der Waals surface area contributed by atoms with Gasteiger partial charge >= 0.3 is 6.09 Å². The van der Waals surface area contributed by atoms with Gasteiger partial charge in [0.2, 0.25) is 0 Å². The van der Waals surface area contributed by atoms with E-state index in [0.29, 0.717) is 27.3 Å². The lowest BCUT2D eigenvalue weighted by molar-refractivity contribution is 0.0937. The first-order chi connectivity index (χ1) is 14.3. The van der Waals surface area contributed by atoms with Crippen molar-refractivity contribution in [2.75, 3.05) is 12.4 Å². The number of anilines is 1. The van der Waals surface area contributed by atoms with Crippen LogP contribution in [0.15, 0.2) is 29.2 Å². The van der Waals surface area contributed by atoms with Gasteiger partial charge < -0.3 is 10.1 Å². The van der Waals surface area contributed by atoms with Crippen molar-refractivity contribution >= 4 is 46.0 Å². The molecule has 1 aliphatic carbocycles. The van der Waals surface area contributed by atoms with Gasteiger partial charge in [0.1, 0.15) is 5.00 Å². The van der Waals surface area contributed by atoms with Gasteiger partial charge in [0.25, 0.3) is 11.8 Å². The number of thiophene rings is 1. The second-order valence-electron chi connectivity index (χ2n) is 7.65. The van der Waals surface area contributed by atoms with Crippen LogP contribution in [0.5, 0.6) is 0 Å². The summed E-state index contributed by atoms with van der Waals surface area (Å²) in [5.74, 6) is -0.311. The van der Waals surface area contributed by atoms with Crippen molar-refractivity contribution in [2.45, 2.75) is 50.2 Å². The zero-order valence-electron chi connectivity index (χ0n) is 17.5. The van der Waals surface area contributed by atoms with E-state index in [1.165, 1.54) is 18.4 Å². The Hall–Kier alpha value is -2.32. The first-order valence-electron chi connectivity index (χ1n) is 9.90. The van der Waals surface area contributed by atoms with Crippen molar-refractivity contribution < 1.29 is 19.1 Å². The summed E-state index contributed by atoms with van der Waals surface area (Å²) < 4.78 is 4.56. The number of hydrogen-bond donors (Lipinski definition) is 2. The van der Waals surface area contributed by atoms with Crippen LogP contribution in [0, 0.1) is 5.92 Å². The molecule has 0 radical (unpaired) electrons. The predicted octanol–water partition coefficient (Wildman–Crippen LogP) is 5.12. The van der Waals surface area contributed by atoms with Crippen LogP contribution in [-0.4, -0.2) is 30.3 Å². The van der Waals surface area contributed by atoms with Crippen LogP contribution in [-0.2, 0) is 17.6 Å². The molecule has 1 unspecified atom stereocenters. The van der Waals surface area contributed by atoms with E-state index in [1.807, 2.05) is 18.2 Å². The Morgan fingerprint density at radius 2 is 2.00 bits per heavy atom. The zero-order chi connectivity index (χ0) is 21.8. The molecule has 2 aromatic rings. The first kappa shape index (κ1) is 22.4. The number of ether oxygens (including phenoxy) is 1. The Morgan fingerprint density at radius 1 is 1.23 bits per heavy atom. The number of fused-ring (bicyclic) bond motifs is 1. The molecule has 0 saturated carbocycles. The highest BCUT2D eigenvalue weighted by Gasteiger charge is 2.29. The monoisotopic (exact) mass is 446 g/mol. The van der Waals surface area contributed by atoms with Gasteiger partial charge in [-0.15, -0.1) is 23.1 Å². The molecule has 0 saturated heterocycles. The Balaban J connectivity index is 1.90. The zero-order valence-corrected chi connectivity index (χ0v) is 19.2. The van der Waals surface area contributed by atoms with E-state index in [9.17, 15) is 14.4 Å². The summed E-state index contributed by atoms with van der Waals surface area (Å²) in [6.07, 6.45) is 1.74. The Morgan fingerprint density at radius 3 is 2.70 bits per heavy atom. The number of rotatable bonds is 5. The third kappa shape index (κ3) is 5.23. The highest BCUT2D eigenvalue weighted by Crippen LogP contribution is 2.40. The number of thioether (sulfide) groups is 1. The summed E-state index contributed by atoms with van der Waals surface area (Å²) in [7, 11) is 1.21. The Labute approximate surface area is 184 Å². The van der Waals surface area contributed by atoms with E-state index in [4.69, 9.17) is 0 Å². The van der Waals surface area contributed by atoms with Gasteiger partial charge in [-0.25, -0.2) is 4.79 Å². The summed E-state index contributed by atoms with van der Waals surface area (Å²) in [4.78, 5) is 39.4. The molecule has 1 aliphatic rings. The molecular formula is C22H26N2O4S2. The predicted molar refractivity (Wildman–Crippen MR) is 121 cm³/mol. The van der Waals surface area contributed by atoms with E-state index >= 15 is 0 Å². The number of benzene rings is 1. The molecule has 0 aliphatic heterocycles.